The van der Waals surface area contributed by atoms with E-state index in [2.05, 4.69) is 16.0 Å². The lowest BCUT2D eigenvalue weighted by Crippen LogP contribution is -2.49. The van der Waals surface area contributed by atoms with E-state index in [1.165, 1.54) is 7.11 Å². The van der Waals surface area contributed by atoms with E-state index in [0.29, 0.717) is 5.56 Å². The maximum Gasteiger partial charge on any atom is 0.326 e. The molecule has 0 bridgehead atoms. The Kier molecular flexibility index (Phi) is 14.3. The number of ether oxygens (including phenoxy) is 1. The van der Waals surface area contributed by atoms with Crippen molar-refractivity contribution in [3.05, 3.63) is 35.9 Å². The Balaban J connectivity index is 2.85. The summed E-state index contributed by atoms with van der Waals surface area (Å²) in [5, 5.41) is 24.0. The molecule has 0 saturated heterocycles. The molecule has 0 aliphatic carbocycles. The molecule has 1 rings (SSSR count). The number of rotatable bonds is 14. The molecule has 202 valence electrons. The van der Waals surface area contributed by atoms with Gasteiger partial charge in [-0.05, 0) is 12.0 Å². The fourth-order valence-electron chi connectivity index (χ4n) is 2.78. The average Bonchev–Trinajstić information content (AvgIpc) is 2.85. The van der Waals surface area contributed by atoms with Crippen molar-refractivity contribution in [2.24, 2.45) is 0 Å². The molecule has 0 fully saturated rings. The molecule has 3 unspecified atom stereocenters. The zero-order valence-corrected chi connectivity index (χ0v) is 22.4. The first-order valence-corrected chi connectivity index (χ1v) is 13.0. The van der Waals surface area contributed by atoms with Gasteiger partial charge in [0.15, 0.2) is 0 Å². The summed E-state index contributed by atoms with van der Waals surface area (Å²) < 4.78 is 5.12. The van der Waals surface area contributed by atoms with Crippen LogP contribution < -0.4 is 16.0 Å². The molecule has 0 aliphatic rings. The second-order valence-corrected chi connectivity index (χ2v) is 10.7. The van der Waals surface area contributed by atoms with Gasteiger partial charge in [0.2, 0.25) is 17.7 Å². The molecular weight excluding hydrogens is 546 g/mol. The van der Waals surface area contributed by atoms with E-state index >= 15 is 0 Å². The fraction of sp³-hybridized carbons (Fsp3) is 0.409. The SMILES string of the molecule is COC(=O)C(SC(=S)SCC(NC(=O)CCC(NC(C)=O)C(=O)O)C(=O)NCC(=O)O)c1ccccc1. The average molecular weight is 574 g/mol. The van der Waals surface area contributed by atoms with Gasteiger partial charge in [0.25, 0.3) is 0 Å². The van der Waals surface area contributed by atoms with Crippen LogP contribution in [0.15, 0.2) is 30.3 Å². The van der Waals surface area contributed by atoms with Gasteiger partial charge in [-0.15, -0.1) is 11.8 Å². The maximum absolute atomic E-state index is 12.5. The second-order valence-electron chi connectivity index (χ2n) is 7.35. The van der Waals surface area contributed by atoms with E-state index in [9.17, 15) is 28.8 Å². The number of carboxylic acids is 2. The number of carbonyl (C=O) groups is 6. The van der Waals surface area contributed by atoms with Crippen molar-refractivity contribution in [2.75, 3.05) is 19.4 Å². The highest BCUT2D eigenvalue weighted by Gasteiger charge is 2.27. The Labute approximate surface area is 226 Å². The van der Waals surface area contributed by atoms with Crippen LogP contribution in [0.2, 0.25) is 0 Å². The molecular formula is C22H27N3O9S3. The highest BCUT2D eigenvalue weighted by molar-refractivity contribution is 8.47. The van der Waals surface area contributed by atoms with Crippen LogP contribution in [-0.4, -0.2) is 80.9 Å². The molecule has 12 nitrogen and oxygen atoms in total. The van der Waals surface area contributed by atoms with Crippen LogP contribution in [0.3, 0.4) is 0 Å². The van der Waals surface area contributed by atoms with E-state index in [0.717, 1.165) is 30.4 Å². The summed E-state index contributed by atoms with van der Waals surface area (Å²) in [4.78, 5) is 70.4. The number of benzene rings is 1. The van der Waals surface area contributed by atoms with Gasteiger partial charge in [-0.1, -0.05) is 54.3 Å². The van der Waals surface area contributed by atoms with Gasteiger partial charge in [0.1, 0.15) is 27.4 Å². The largest absolute Gasteiger partial charge is 0.480 e. The normalized spacial score (nSPS) is 12.8. The first-order chi connectivity index (χ1) is 17.4. The molecule has 0 spiro atoms. The number of amides is 3. The molecule has 0 aromatic heterocycles. The third kappa shape index (κ3) is 12.6. The van der Waals surface area contributed by atoms with Crippen molar-refractivity contribution >= 4 is 74.9 Å². The first kappa shape index (κ1) is 31.9. The van der Waals surface area contributed by atoms with Crippen LogP contribution in [-0.2, 0) is 33.5 Å². The predicted octanol–water partition coefficient (Wildman–Crippen LogP) is 0.707. The van der Waals surface area contributed by atoms with E-state index in [1.54, 1.807) is 30.3 Å². The fourth-order valence-corrected chi connectivity index (χ4v) is 5.26. The van der Waals surface area contributed by atoms with Gasteiger partial charge in [-0.25, -0.2) is 4.79 Å². The second kappa shape index (κ2) is 16.6. The Hall–Kier alpha value is -3.17. The quantitative estimate of drug-likeness (QED) is 0.155. The molecule has 0 aliphatic heterocycles. The van der Waals surface area contributed by atoms with Crippen molar-refractivity contribution in [2.45, 2.75) is 37.1 Å². The Bertz CT molecular complexity index is 1010. The lowest BCUT2D eigenvalue weighted by molar-refractivity contribution is -0.142. The summed E-state index contributed by atoms with van der Waals surface area (Å²) in [5.74, 6) is -5.31. The lowest BCUT2D eigenvalue weighted by Gasteiger charge is -2.20. The number of nitrogens with one attached hydrogen (secondary N) is 3. The zero-order valence-electron chi connectivity index (χ0n) is 19.9. The van der Waals surface area contributed by atoms with Crippen LogP contribution in [0.4, 0.5) is 0 Å². The van der Waals surface area contributed by atoms with Gasteiger partial charge in [-0.3, -0.25) is 24.0 Å². The monoisotopic (exact) mass is 573 g/mol. The highest BCUT2D eigenvalue weighted by Crippen LogP contribution is 2.34. The van der Waals surface area contributed by atoms with Crippen LogP contribution in [0, 0.1) is 0 Å². The summed E-state index contributed by atoms with van der Waals surface area (Å²) in [6.07, 6.45) is -0.564. The number of hydrogen-bond donors (Lipinski definition) is 5. The van der Waals surface area contributed by atoms with Crippen molar-refractivity contribution < 1.29 is 43.7 Å². The van der Waals surface area contributed by atoms with Crippen LogP contribution in [0.5, 0.6) is 0 Å². The van der Waals surface area contributed by atoms with Crippen LogP contribution in [0.1, 0.15) is 30.6 Å². The molecule has 0 radical (unpaired) electrons. The molecule has 3 atom stereocenters. The number of aliphatic carboxylic acids is 2. The smallest absolute Gasteiger partial charge is 0.326 e. The molecule has 37 heavy (non-hydrogen) atoms. The number of thioether (sulfide) groups is 2. The number of hydrogen-bond acceptors (Lipinski definition) is 10. The topological polar surface area (TPSA) is 188 Å². The summed E-state index contributed by atoms with van der Waals surface area (Å²) in [5.41, 5.74) is 0.651. The first-order valence-electron chi connectivity index (χ1n) is 10.7. The van der Waals surface area contributed by atoms with E-state index in [4.69, 9.17) is 27.2 Å². The van der Waals surface area contributed by atoms with E-state index in [-0.39, 0.29) is 22.1 Å². The minimum absolute atomic E-state index is 0.0975. The number of methoxy groups -OCH3 is 1. The zero-order chi connectivity index (χ0) is 28.0. The lowest BCUT2D eigenvalue weighted by atomic mass is 10.1. The summed E-state index contributed by atoms with van der Waals surface area (Å²) >= 11 is 7.36. The minimum atomic E-state index is -1.32. The third-order valence-electron chi connectivity index (χ3n) is 4.50. The van der Waals surface area contributed by atoms with Gasteiger partial charge in [-0.2, -0.15) is 0 Å². The molecule has 3 amide bonds. The Morgan fingerprint density at radius 2 is 1.68 bits per heavy atom. The Morgan fingerprint density at radius 3 is 2.22 bits per heavy atom. The van der Waals surface area contributed by atoms with Crippen LogP contribution in [0.25, 0.3) is 0 Å². The summed E-state index contributed by atoms with van der Waals surface area (Å²) in [7, 11) is 1.24. The minimum Gasteiger partial charge on any atom is -0.480 e. The van der Waals surface area contributed by atoms with Gasteiger partial charge >= 0.3 is 17.9 Å². The van der Waals surface area contributed by atoms with E-state index < -0.39 is 59.5 Å². The standard InChI is InChI=1S/C22H27N3O9S3/c1-12(26)24-14(20(31)32)8-9-16(27)25-15(19(30)23-10-17(28)29)11-36-22(35)37-18(21(33)34-2)13-6-4-3-5-7-13/h3-7,14-15,18H,8-11H2,1-2H3,(H,23,30)(H,24,26)(H,25,27)(H,28,29)(H,31,32). The van der Waals surface area contributed by atoms with E-state index in [1.807, 2.05) is 0 Å². The molecule has 0 saturated carbocycles. The molecule has 15 heteroatoms. The number of carboxylic acid groups (broad SMARTS) is 2. The maximum atomic E-state index is 12.5. The third-order valence-corrected chi connectivity index (χ3v) is 7.41. The Morgan fingerprint density at radius 1 is 1.03 bits per heavy atom. The van der Waals surface area contributed by atoms with Crippen molar-refractivity contribution in [3.8, 4) is 0 Å². The van der Waals surface area contributed by atoms with Crippen molar-refractivity contribution in [3.63, 3.8) is 0 Å². The number of carbonyl (C=O) groups excluding carboxylic acids is 4. The van der Waals surface area contributed by atoms with Gasteiger partial charge in [0, 0.05) is 19.1 Å². The highest BCUT2D eigenvalue weighted by atomic mass is 32.2. The summed E-state index contributed by atoms with van der Waals surface area (Å²) in [6.45, 7) is 0.455. The van der Waals surface area contributed by atoms with Crippen molar-refractivity contribution in [1.82, 2.24) is 16.0 Å². The van der Waals surface area contributed by atoms with Crippen molar-refractivity contribution in [1.29, 1.82) is 0 Å². The molecule has 1 aromatic carbocycles. The molecule has 0 heterocycles. The van der Waals surface area contributed by atoms with Crippen LogP contribution >= 0.6 is 35.7 Å². The van der Waals surface area contributed by atoms with Gasteiger partial charge in [0.05, 0.1) is 7.11 Å². The number of thiocarbonyl (C=S) groups is 1. The summed E-state index contributed by atoms with van der Waals surface area (Å²) in [6, 6.07) is 6.24. The predicted molar refractivity (Wildman–Crippen MR) is 141 cm³/mol. The molecule has 5 N–H and O–H groups in total. The van der Waals surface area contributed by atoms with Gasteiger partial charge < -0.3 is 30.9 Å². The molecule has 1 aromatic rings. The number of esters is 1.